The van der Waals surface area contributed by atoms with Gasteiger partial charge in [-0.2, -0.15) is 0 Å². The Kier molecular flexibility index (Phi) is 12.7. The van der Waals surface area contributed by atoms with E-state index in [4.69, 9.17) is 5.02 Å². The zero-order valence-electron chi connectivity index (χ0n) is 26.4. The zero-order valence-corrected chi connectivity index (χ0v) is 31.3. The predicted octanol–water partition coefficient (Wildman–Crippen LogP) is 7.11. The second kappa shape index (κ2) is 15.6. The Balaban J connectivity index is 0.000000188. The Bertz CT molecular complexity index is 2160. The van der Waals surface area contributed by atoms with Crippen LogP contribution in [0.2, 0.25) is 0 Å². The number of aliphatic hydroxyl groups is 2. The first-order valence-electron chi connectivity index (χ1n) is 14.4. The van der Waals surface area contributed by atoms with Crippen molar-refractivity contribution in [2.24, 2.45) is 0 Å². The number of alkyl halides is 4. The summed E-state index contributed by atoms with van der Waals surface area (Å²) in [6, 6.07) is 5.28. The van der Waals surface area contributed by atoms with Gasteiger partial charge in [-0.05, 0) is 57.6 Å². The number of halogens is 9. The minimum Gasteiger partial charge on any atom is -0.537 e. The molecule has 0 spiro atoms. The highest BCUT2D eigenvalue weighted by Gasteiger charge is 2.48. The molecule has 2 aliphatic rings. The number of aliphatic hydroxyl groups excluding tert-OH is 2. The predicted molar refractivity (Wildman–Crippen MR) is 179 cm³/mol. The van der Waals surface area contributed by atoms with Crippen molar-refractivity contribution in [3.63, 3.8) is 0 Å². The SMILES string of the molecule is CS(=O)(=O)c1sc(-c2cc(F)cc(F)c2)c2c1[C@H](O)C(F)(F)CC2.CS(=O)(=O)c1sc(Br)c2c1[C@H](O)C(F)(F)CC2.O[B]Oc1cc(F)cc(F)c1. The van der Waals surface area contributed by atoms with Gasteiger partial charge in [0, 0.05) is 65.6 Å². The van der Waals surface area contributed by atoms with Gasteiger partial charge in [0.15, 0.2) is 19.7 Å². The molecule has 8 nitrogen and oxygen atoms in total. The van der Waals surface area contributed by atoms with Gasteiger partial charge in [0.05, 0.1) is 3.79 Å². The number of fused-ring (bicyclic) bond motifs is 2. The van der Waals surface area contributed by atoms with Crippen LogP contribution < -0.4 is 4.65 Å². The molecule has 0 bridgehead atoms. The monoisotopic (exact) mass is 883 g/mol. The molecule has 1 radical (unpaired) electrons. The summed E-state index contributed by atoms with van der Waals surface area (Å²) in [6.07, 6.45) is -3.80. The van der Waals surface area contributed by atoms with Crippen molar-refractivity contribution in [2.45, 2.75) is 58.2 Å². The van der Waals surface area contributed by atoms with Gasteiger partial charge >= 0.3 is 7.69 Å². The zero-order chi connectivity index (χ0) is 39.1. The lowest BCUT2D eigenvalue weighted by Crippen LogP contribution is -2.32. The van der Waals surface area contributed by atoms with Crippen LogP contribution in [0.25, 0.3) is 10.4 Å². The lowest BCUT2D eigenvalue weighted by Gasteiger charge is -2.29. The molecular weight excluding hydrogens is 859 g/mol. The number of rotatable bonds is 5. The van der Waals surface area contributed by atoms with Crippen molar-refractivity contribution in [3.05, 3.63) is 85.7 Å². The quantitative estimate of drug-likeness (QED) is 0.143. The third-order valence-corrected chi connectivity index (χ3v) is 14.6. The van der Waals surface area contributed by atoms with E-state index in [1.807, 2.05) is 0 Å². The lowest BCUT2D eigenvalue weighted by atomic mass is 9.87. The maximum atomic E-state index is 13.8. The molecule has 2 aromatic heterocycles. The summed E-state index contributed by atoms with van der Waals surface area (Å²) in [5, 5.41) is 27.7. The molecule has 4 aromatic rings. The second-order valence-corrected chi connectivity index (χ2v) is 19.3. The summed E-state index contributed by atoms with van der Waals surface area (Å²) in [5.74, 6) is -10.0. The summed E-state index contributed by atoms with van der Waals surface area (Å²) in [4.78, 5) is 0.179. The molecule has 283 valence electrons. The first-order valence-corrected chi connectivity index (χ1v) is 20.6. The van der Waals surface area contributed by atoms with Gasteiger partial charge in [-0.3, -0.25) is 0 Å². The van der Waals surface area contributed by atoms with Gasteiger partial charge < -0.3 is 19.9 Å². The van der Waals surface area contributed by atoms with Crippen LogP contribution in [-0.2, 0) is 32.5 Å². The highest BCUT2D eigenvalue weighted by molar-refractivity contribution is 9.11. The first-order chi connectivity index (χ1) is 23.9. The molecule has 0 amide bonds. The van der Waals surface area contributed by atoms with E-state index in [0.717, 1.165) is 48.1 Å². The molecule has 6 rings (SSSR count). The van der Waals surface area contributed by atoms with E-state index < -0.39 is 84.0 Å². The summed E-state index contributed by atoms with van der Waals surface area (Å²) >= 11 is 4.68. The fourth-order valence-corrected chi connectivity index (χ4v) is 11.5. The summed E-state index contributed by atoms with van der Waals surface area (Å²) in [7, 11) is -7.15. The van der Waals surface area contributed by atoms with Crippen LogP contribution in [0.15, 0.2) is 48.6 Å². The van der Waals surface area contributed by atoms with E-state index in [2.05, 4.69) is 20.6 Å². The molecule has 0 unspecified atom stereocenters. The molecule has 3 N–H and O–H groups in total. The summed E-state index contributed by atoms with van der Waals surface area (Å²) in [6.45, 7) is 0. The molecule has 2 aliphatic carbocycles. The van der Waals surface area contributed by atoms with E-state index >= 15 is 0 Å². The average Bonchev–Trinajstić information content (AvgIpc) is 3.56. The summed E-state index contributed by atoms with van der Waals surface area (Å²) < 4.78 is 157. The van der Waals surface area contributed by atoms with Crippen LogP contribution >= 0.6 is 38.6 Å². The molecule has 2 aromatic carbocycles. The third-order valence-electron chi connectivity index (χ3n) is 7.57. The lowest BCUT2D eigenvalue weighted by molar-refractivity contribution is -0.122. The van der Waals surface area contributed by atoms with Gasteiger partial charge in [0.25, 0.3) is 11.8 Å². The number of hydrogen-bond acceptors (Lipinski definition) is 10. The van der Waals surface area contributed by atoms with Crippen LogP contribution in [0.3, 0.4) is 0 Å². The highest BCUT2D eigenvalue weighted by atomic mass is 79.9. The second-order valence-electron chi connectivity index (χ2n) is 11.5. The minimum absolute atomic E-state index is 0.0565. The molecule has 0 saturated carbocycles. The largest absolute Gasteiger partial charge is 0.569 e. The summed E-state index contributed by atoms with van der Waals surface area (Å²) in [5.41, 5.74) is 0.234. The number of sulfone groups is 2. The maximum Gasteiger partial charge on any atom is 0.569 e. The number of thiophene rings is 2. The van der Waals surface area contributed by atoms with Gasteiger partial charge in [0.1, 0.15) is 49.6 Å². The van der Waals surface area contributed by atoms with Crippen LogP contribution in [-0.4, -0.2) is 64.1 Å². The Morgan fingerprint density at radius 2 is 1.13 bits per heavy atom. The van der Waals surface area contributed by atoms with E-state index in [0.29, 0.717) is 40.5 Å². The van der Waals surface area contributed by atoms with Crippen molar-refractivity contribution in [2.75, 3.05) is 12.5 Å². The average molecular weight is 884 g/mol. The molecule has 0 fully saturated rings. The topological polar surface area (TPSA) is 138 Å². The van der Waals surface area contributed by atoms with Crippen molar-refractivity contribution in [3.8, 4) is 16.2 Å². The third kappa shape index (κ3) is 9.37. The fraction of sp³-hybridized carbons (Fsp3) is 0.333. The smallest absolute Gasteiger partial charge is 0.537 e. The van der Waals surface area contributed by atoms with E-state index in [1.165, 1.54) is 0 Å². The van der Waals surface area contributed by atoms with E-state index in [1.54, 1.807) is 0 Å². The van der Waals surface area contributed by atoms with Crippen molar-refractivity contribution < 1.29 is 71.9 Å². The van der Waals surface area contributed by atoms with Crippen molar-refractivity contribution in [1.29, 1.82) is 0 Å². The maximum absolute atomic E-state index is 13.8. The first kappa shape index (κ1) is 42.2. The van der Waals surface area contributed by atoms with Gasteiger partial charge in [-0.1, -0.05) is 0 Å². The Morgan fingerprint density at radius 1 is 0.731 bits per heavy atom. The molecule has 0 saturated heterocycles. The fourth-order valence-electron chi connectivity index (χ4n) is 5.32. The standard InChI is InChI=1S/C15H12F4O3S2.C9H9BrF2O3S2.C6H4BF2O2/c1-24(21,22)14-11-10(2-3-15(18,19)13(11)20)12(23-14)7-4-8(16)6-9(17)5-7;1-17(14,15)8-5-4(7(10)16-8)2-3-9(11,12)6(5)13;8-4-1-5(9)3-6(2-4)11-7-10/h4-6,13,20H,2-3H2,1H3;6,13H,2-3H2,1H3;1-3,10H/t13-;6-;/m00./s1. The Hall–Kier alpha value is -2.60. The van der Waals surface area contributed by atoms with Crippen LogP contribution in [0, 0.1) is 23.3 Å². The normalized spacial score (nSPS) is 18.9. The van der Waals surface area contributed by atoms with E-state index in [9.17, 15) is 62.2 Å². The molecular formula is C30H25BBrF8O8S4. The van der Waals surface area contributed by atoms with Crippen LogP contribution in [0.4, 0.5) is 35.1 Å². The Labute approximate surface area is 309 Å². The van der Waals surface area contributed by atoms with E-state index in [-0.39, 0.29) is 49.9 Å². The molecule has 22 heteroatoms. The van der Waals surface area contributed by atoms with Crippen molar-refractivity contribution >= 4 is 66.0 Å². The minimum atomic E-state index is -3.90. The molecule has 2 heterocycles. The van der Waals surface area contributed by atoms with Gasteiger partial charge in [-0.25, -0.2) is 52.0 Å². The molecule has 52 heavy (non-hydrogen) atoms. The van der Waals surface area contributed by atoms with Crippen molar-refractivity contribution in [1.82, 2.24) is 0 Å². The van der Waals surface area contributed by atoms with Gasteiger partial charge in [0.2, 0.25) is 0 Å². The van der Waals surface area contributed by atoms with Crippen LogP contribution in [0.5, 0.6) is 5.75 Å². The molecule has 2 atom stereocenters. The highest BCUT2D eigenvalue weighted by Crippen LogP contribution is 2.52. The Morgan fingerprint density at radius 3 is 1.58 bits per heavy atom. The number of hydrogen-bond donors (Lipinski definition) is 3. The van der Waals surface area contributed by atoms with Crippen LogP contribution in [0.1, 0.15) is 47.3 Å². The van der Waals surface area contributed by atoms with Gasteiger partial charge in [-0.15, -0.1) is 22.7 Å². The number of benzene rings is 2. The molecule has 0 aliphatic heterocycles.